The third-order valence-corrected chi connectivity index (χ3v) is 7.69. The Bertz CT molecular complexity index is 1480. The monoisotopic (exact) mass is 540 g/mol. The van der Waals surface area contributed by atoms with Crippen molar-refractivity contribution in [2.45, 2.75) is 51.9 Å². The zero-order valence-corrected chi connectivity index (χ0v) is 24.2. The summed E-state index contributed by atoms with van der Waals surface area (Å²) in [4.78, 5) is 24.0. The fourth-order valence-corrected chi connectivity index (χ4v) is 5.12. The number of pyridine rings is 1. The molecule has 5 rings (SSSR count). The number of ether oxygens (including phenoxy) is 1. The van der Waals surface area contributed by atoms with E-state index in [-0.39, 0.29) is 11.3 Å². The van der Waals surface area contributed by atoms with Crippen LogP contribution in [0.5, 0.6) is 11.5 Å². The first-order valence-corrected chi connectivity index (χ1v) is 14.1. The number of carbonyl (C=O) groups excluding carboxylic acids is 1. The van der Waals surface area contributed by atoms with Gasteiger partial charge in [-0.1, -0.05) is 32.9 Å². The van der Waals surface area contributed by atoms with Crippen molar-refractivity contribution >= 4 is 34.4 Å². The third kappa shape index (κ3) is 6.80. The van der Waals surface area contributed by atoms with Crippen LogP contribution in [0, 0.1) is 5.92 Å². The number of aryl methyl sites for hydroxylation is 1. The van der Waals surface area contributed by atoms with Gasteiger partial charge in [-0.05, 0) is 86.6 Å². The first kappa shape index (κ1) is 27.6. The van der Waals surface area contributed by atoms with Crippen molar-refractivity contribution in [3.63, 3.8) is 0 Å². The SMILES string of the molecule is CN1CCC(CCC(=O)Nc2cc(Oc3ccc4c(c3)nc(Nc3cccc(C(C)(C)C)c3)n4C)ccn2)CC1. The summed E-state index contributed by atoms with van der Waals surface area (Å²) in [6.07, 6.45) is 5.39. The summed E-state index contributed by atoms with van der Waals surface area (Å²) in [5.41, 5.74) is 4.15. The molecule has 0 bridgehead atoms. The number of imidazole rings is 1. The fraction of sp³-hybridized carbons (Fsp3) is 0.406. The van der Waals surface area contributed by atoms with Crippen molar-refractivity contribution in [1.82, 2.24) is 19.4 Å². The molecule has 0 saturated carbocycles. The minimum absolute atomic E-state index is 0.00782. The Hall–Kier alpha value is -3.91. The normalized spacial score (nSPS) is 14.8. The molecular weight excluding hydrogens is 500 g/mol. The number of nitrogens with zero attached hydrogens (tertiary/aromatic N) is 4. The van der Waals surface area contributed by atoms with Gasteiger partial charge in [0.1, 0.15) is 17.3 Å². The van der Waals surface area contributed by atoms with Crippen molar-refractivity contribution in [1.29, 1.82) is 0 Å². The summed E-state index contributed by atoms with van der Waals surface area (Å²) >= 11 is 0. The molecule has 0 spiro atoms. The van der Waals surface area contributed by atoms with E-state index in [1.54, 1.807) is 18.3 Å². The molecule has 1 aliphatic rings. The van der Waals surface area contributed by atoms with Gasteiger partial charge in [-0.15, -0.1) is 0 Å². The van der Waals surface area contributed by atoms with E-state index >= 15 is 0 Å². The van der Waals surface area contributed by atoms with Crippen LogP contribution in [0.15, 0.2) is 60.8 Å². The summed E-state index contributed by atoms with van der Waals surface area (Å²) in [6.45, 7) is 8.85. The van der Waals surface area contributed by atoms with Crippen LogP contribution >= 0.6 is 0 Å². The summed E-state index contributed by atoms with van der Waals surface area (Å²) < 4.78 is 8.17. The topological polar surface area (TPSA) is 84.3 Å². The van der Waals surface area contributed by atoms with E-state index in [2.05, 4.69) is 72.6 Å². The van der Waals surface area contributed by atoms with Crippen LogP contribution in [0.4, 0.5) is 17.5 Å². The lowest BCUT2D eigenvalue weighted by atomic mass is 9.87. The Morgan fingerprint density at radius 3 is 2.58 bits per heavy atom. The molecule has 3 heterocycles. The third-order valence-electron chi connectivity index (χ3n) is 7.69. The fourth-order valence-electron chi connectivity index (χ4n) is 5.12. The number of likely N-dealkylation sites (tertiary alicyclic amines) is 1. The maximum atomic E-state index is 12.5. The lowest BCUT2D eigenvalue weighted by Crippen LogP contribution is -2.30. The molecule has 1 fully saturated rings. The number of fused-ring (bicyclic) bond motifs is 1. The molecule has 8 nitrogen and oxygen atoms in total. The smallest absolute Gasteiger partial charge is 0.225 e. The van der Waals surface area contributed by atoms with Gasteiger partial charge in [-0.3, -0.25) is 4.79 Å². The van der Waals surface area contributed by atoms with Gasteiger partial charge in [0, 0.05) is 37.5 Å². The van der Waals surface area contributed by atoms with Gasteiger partial charge in [0.05, 0.1) is 11.0 Å². The number of benzene rings is 2. The van der Waals surface area contributed by atoms with Crippen molar-refractivity contribution < 1.29 is 9.53 Å². The Balaban J connectivity index is 1.23. The summed E-state index contributed by atoms with van der Waals surface area (Å²) in [5.74, 6) is 3.13. The molecule has 4 aromatic rings. The molecule has 1 saturated heterocycles. The number of aromatic nitrogens is 3. The molecule has 8 heteroatoms. The average molecular weight is 541 g/mol. The van der Waals surface area contributed by atoms with Gasteiger partial charge in [-0.2, -0.15) is 0 Å². The zero-order valence-electron chi connectivity index (χ0n) is 24.2. The first-order valence-electron chi connectivity index (χ1n) is 14.1. The van der Waals surface area contributed by atoms with Crippen LogP contribution in [0.2, 0.25) is 0 Å². The lowest BCUT2D eigenvalue weighted by molar-refractivity contribution is -0.116. The highest BCUT2D eigenvalue weighted by atomic mass is 16.5. The van der Waals surface area contributed by atoms with Crippen LogP contribution in [0.1, 0.15) is 52.0 Å². The second-order valence-corrected chi connectivity index (χ2v) is 11.9. The number of amides is 1. The van der Waals surface area contributed by atoms with Crippen molar-refractivity contribution in [2.24, 2.45) is 13.0 Å². The van der Waals surface area contributed by atoms with E-state index in [4.69, 9.17) is 9.72 Å². The number of piperidine rings is 1. The van der Waals surface area contributed by atoms with Crippen LogP contribution in [0.3, 0.4) is 0 Å². The zero-order chi connectivity index (χ0) is 28.3. The number of carbonyl (C=O) groups is 1. The number of nitrogens with one attached hydrogen (secondary N) is 2. The van der Waals surface area contributed by atoms with Gasteiger partial charge < -0.3 is 24.8 Å². The van der Waals surface area contributed by atoms with Gasteiger partial charge in [0.25, 0.3) is 0 Å². The highest BCUT2D eigenvalue weighted by Crippen LogP contribution is 2.30. The largest absolute Gasteiger partial charge is 0.457 e. The van der Waals surface area contributed by atoms with E-state index in [0.29, 0.717) is 29.7 Å². The van der Waals surface area contributed by atoms with E-state index in [0.717, 1.165) is 55.0 Å². The number of hydrogen-bond donors (Lipinski definition) is 2. The average Bonchev–Trinajstić information content (AvgIpc) is 3.22. The van der Waals surface area contributed by atoms with Crippen LogP contribution in [0.25, 0.3) is 11.0 Å². The molecule has 40 heavy (non-hydrogen) atoms. The number of anilines is 3. The van der Waals surface area contributed by atoms with Crippen molar-refractivity contribution in [3.05, 3.63) is 66.4 Å². The second kappa shape index (κ2) is 11.7. The number of hydrogen-bond acceptors (Lipinski definition) is 6. The molecule has 2 aromatic heterocycles. The van der Waals surface area contributed by atoms with Gasteiger partial charge in [0.15, 0.2) is 0 Å². The molecule has 210 valence electrons. The van der Waals surface area contributed by atoms with Gasteiger partial charge >= 0.3 is 0 Å². The molecular formula is C32H40N6O2. The van der Waals surface area contributed by atoms with Gasteiger partial charge in [0.2, 0.25) is 11.9 Å². The number of rotatable bonds is 8. The quantitative estimate of drug-likeness (QED) is 0.254. The summed E-state index contributed by atoms with van der Waals surface area (Å²) in [5, 5.41) is 6.39. The maximum absolute atomic E-state index is 12.5. The summed E-state index contributed by atoms with van der Waals surface area (Å²) in [7, 11) is 4.15. The van der Waals surface area contributed by atoms with Crippen molar-refractivity contribution in [2.75, 3.05) is 30.8 Å². The highest BCUT2D eigenvalue weighted by molar-refractivity contribution is 5.89. The standard InChI is InChI=1S/C32H40N6O2/c1-32(2,3)23-7-6-8-24(19-23)34-31-35-27-20-25(10-11-28(27)38(31)5)40-26-13-16-33-29(21-26)36-30(39)12-9-22-14-17-37(4)18-15-22/h6-8,10-11,13,16,19-22H,9,12,14-15,17-18H2,1-5H3,(H,34,35)(H,33,36,39). The van der Waals surface area contributed by atoms with E-state index in [9.17, 15) is 4.79 Å². The molecule has 2 N–H and O–H groups in total. The predicted octanol–water partition coefficient (Wildman–Crippen LogP) is 6.86. The van der Waals surface area contributed by atoms with Crippen LogP contribution in [-0.4, -0.2) is 45.5 Å². The molecule has 0 unspecified atom stereocenters. The Morgan fingerprint density at radius 2 is 1.80 bits per heavy atom. The van der Waals surface area contributed by atoms with E-state index in [1.165, 1.54) is 5.56 Å². The minimum atomic E-state index is -0.00782. The van der Waals surface area contributed by atoms with Crippen LogP contribution in [-0.2, 0) is 17.3 Å². The Labute approximate surface area is 236 Å². The molecule has 1 aliphatic heterocycles. The molecule has 0 radical (unpaired) electrons. The highest BCUT2D eigenvalue weighted by Gasteiger charge is 2.18. The maximum Gasteiger partial charge on any atom is 0.225 e. The summed E-state index contributed by atoms with van der Waals surface area (Å²) in [6, 6.07) is 17.8. The van der Waals surface area contributed by atoms with Crippen molar-refractivity contribution in [3.8, 4) is 11.5 Å². The second-order valence-electron chi connectivity index (χ2n) is 11.9. The minimum Gasteiger partial charge on any atom is -0.457 e. The van der Waals surface area contributed by atoms with E-state index < -0.39 is 0 Å². The molecule has 1 amide bonds. The Morgan fingerprint density at radius 1 is 1.02 bits per heavy atom. The van der Waals surface area contributed by atoms with Gasteiger partial charge in [-0.25, -0.2) is 9.97 Å². The molecule has 0 atom stereocenters. The van der Waals surface area contributed by atoms with Crippen LogP contribution < -0.4 is 15.4 Å². The molecule has 2 aromatic carbocycles. The first-order chi connectivity index (χ1) is 19.1. The lowest BCUT2D eigenvalue weighted by Gasteiger charge is -2.28. The molecule has 0 aliphatic carbocycles. The predicted molar refractivity (Wildman–Crippen MR) is 162 cm³/mol. The van der Waals surface area contributed by atoms with E-state index in [1.807, 2.05) is 29.8 Å². The Kier molecular flexibility index (Phi) is 8.07.